The molecule has 2 aromatic rings. The van der Waals surface area contributed by atoms with Gasteiger partial charge in [0, 0.05) is 0 Å². The van der Waals surface area contributed by atoms with E-state index in [1.54, 1.807) is 24.3 Å². The maximum atomic E-state index is 11.3. The second-order valence-corrected chi connectivity index (χ2v) is 7.75. The van der Waals surface area contributed by atoms with Crippen LogP contribution in [0.3, 0.4) is 0 Å². The standard InChI is InChI=1S/C25H30O8/c1-19(2)15-25(33-16-24(26)27)17-31-22-9-5-3-7-20(22)29-13-11-28-12-14-30-21-8-4-6-10-23(21)32-18-25/h3-10,15H,11-14,16-18H2,1-2H3,(H,26,27). The van der Waals surface area contributed by atoms with Gasteiger partial charge in [0.15, 0.2) is 28.6 Å². The molecule has 1 aliphatic heterocycles. The second kappa shape index (κ2) is 12.1. The van der Waals surface area contributed by atoms with E-state index in [-0.39, 0.29) is 13.2 Å². The van der Waals surface area contributed by atoms with Gasteiger partial charge in [-0.05, 0) is 44.2 Å². The minimum absolute atomic E-state index is 0.00531. The zero-order chi connectivity index (χ0) is 23.5. The number of allylic oxidation sites excluding steroid dienone is 1. The first-order valence-electron chi connectivity index (χ1n) is 10.8. The van der Waals surface area contributed by atoms with Gasteiger partial charge in [-0.25, -0.2) is 4.79 Å². The molecule has 0 saturated heterocycles. The summed E-state index contributed by atoms with van der Waals surface area (Å²) < 4.78 is 35.2. The Morgan fingerprint density at radius 2 is 1.30 bits per heavy atom. The van der Waals surface area contributed by atoms with Crippen LogP contribution in [0, 0.1) is 0 Å². The minimum atomic E-state index is -1.17. The van der Waals surface area contributed by atoms with Crippen molar-refractivity contribution in [2.75, 3.05) is 46.2 Å². The lowest BCUT2D eigenvalue weighted by Gasteiger charge is -2.31. The van der Waals surface area contributed by atoms with Gasteiger partial charge < -0.3 is 33.5 Å². The highest BCUT2D eigenvalue weighted by atomic mass is 16.6. The van der Waals surface area contributed by atoms with Crippen LogP contribution in [-0.4, -0.2) is 62.9 Å². The normalized spacial score (nSPS) is 16.4. The van der Waals surface area contributed by atoms with Gasteiger partial charge in [-0.1, -0.05) is 29.8 Å². The number of carboxylic acids is 1. The molecule has 0 aliphatic carbocycles. The summed E-state index contributed by atoms with van der Waals surface area (Å²) in [7, 11) is 0. The van der Waals surface area contributed by atoms with Crippen LogP contribution < -0.4 is 18.9 Å². The third-order valence-electron chi connectivity index (χ3n) is 4.65. The molecule has 0 unspecified atom stereocenters. The fourth-order valence-electron chi connectivity index (χ4n) is 3.28. The lowest BCUT2D eigenvalue weighted by molar-refractivity contribution is -0.150. The number of ether oxygens (including phenoxy) is 6. The molecule has 2 aromatic carbocycles. The van der Waals surface area contributed by atoms with Crippen LogP contribution in [0.25, 0.3) is 0 Å². The predicted octanol–water partition coefficient (Wildman–Crippen LogP) is 3.74. The molecular weight excluding hydrogens is 428 g/mol. The molecule has 1 heterocycles. The van der Waals surface area contributed by atoms with Crippen molar-refractivity contribution in [3.8, 4) is 23.0 Å². The second-order valence-electron chi connectivity index (χ2n) is 7.75. The minimum Gasteiger partial charge on any atom is -0.487 e. The van der Waals surface area contributed by atoms with Crippen molar-refractivity contribution in [1.29, 1.82) is 0 Å². The number of rotatable bonds is 4. The van der Waals surface area contributed by atoms with Gasteiger partial charge in [0.1, 0.15) is 33.0 Å². The molecule has 0 spiro atoms. The Bertz CT molecular complexity index is 880. The van der Waals surface area contributed by atoms with Gasteiger partial charge in [0.2, 0.25) is 0 Å². The van der Waals surface area contributed by atoms with E-state index < -0.39 is 18.2 Å². The average Bonchev–Trinajstić information content (AvgIpc) is 2.79. The van der Waals surface area contributed by atoms with E-state index in [0.717, 1.165) is 5.57 Å². The number of fused-ring (bicyclic) bond motifs is 2. The van der Waals surface area contributed by atoms with Crippen LogP contribution in [0.15, 0.2) is 60.2 Å². The predicted molar refractivity (Wildman–Crippen MR) is 121 cm³/mol. The van der Waals surface area contributed by atoms with Crippen molar-refractivity contribution in [2.24, 2.45) is 0 Å². The monoisotopic (exact) mass is 458 g/mol. The quantitative estimate of drug-likeness (QED) is 0.693. The molecule has 178 valence electrons. The SMILES string of the molecule is CC(C)=CC1(OCC(=O)O)COc2ccccc2OCCOCCOc2ccccc2OC1. The first-order chi connectivity index (χ1) is 16.0. The lowest BCUT2D eigenvalue weighted by atomic mass is 10.0. The highest BCUT2D eigenvalue weighted by molar-refractivity contribution is 5.68. The highest BCUT2D eigenvalue weighted by Gasteiger charge is 2.33. The van der Waals surface area contributed by atoms with Crippen molar-refractivity contribution in [3.63, 3.8) is 0 Å². The van der Waals surface area contributed by atoms with Gasteiger partial charge in [-0.3, -0.25) is 0 Å². The van der Waals surface area contributed by atoms with E-state index in [0.29, 0.717) is 49.4 Å². The maximum absolute atomic E-state index is 11.3. The third kappa shape index (κ3) is 7.69. The van der Waals surface area contributed by atoms with E-state index in [4.69, 9.17) is 28.4 Å². The number of carbonyl (C=O) groups is 1. The van der Waals surface area contributed by atoms with E-state index in [9.17, 15) is 9.90 Å². The molecule has 0 saturated carbocycles. The third-order valence-corrected chi connectivity index (χ3v) is 4.65. The fourth-order valence-corrected chi connectivity index (χ4v) is 3.28. The molecule has 8 nitrogen and oxygen atoms in total. The van der Waals surface area contributed by atoms with Gasteiger partial charge in [0.25, 0.3) is 0 Å². The average molecular weight is 459 g/mol. The van der Waals surface area contributed by atoms with E-state index in [1.165, 1.54) is 0 Å². The van der Waals surface area contributed by atoms with E-state index in [2.05, 4.69) is 0 Å². The summed E-state index contributed by atoms with van der Waals surface area (Å²) in [4.78, 5) is 11.3. The van der Waals surface area contributed by atoms with E-state index >= 15 is 0 Å². The number of hydrogen-bond acceptors (Lipinski definition) is 7. The van der Waals surface area contributed by atoms with Gasteiger partial charge in [0.05, 0.1) is 13.2 Å². The van der Waals surface area contributed by atoms with Gasteiger partial charge in [-0.2, -0.15) is 0 Å². The number of hydrogen-bond donors (Lipinski definition) is 1. The summed E-state index contributed by atoms with van der Waals surface area (Å²) in [5.74, 6) is 1.05. The zero-order valence-electron chi connectivity index (χ0n) is 19.0. The molecule has 0 aromatic heterocycles. The molecule has 8 heteroatoms. The number of carboxylic acid groups (broad SMARTS) is 1. The highest BCUT2D eigenvalue weighted by Crippen LogP contribution is 2.31. The Morgan fingerprint density at radius 1 is 0.848 bits per heavy atom. The van der Waals surface area contributed by atoms with Crippen LogP contribution in [0.5, 0.6) is 23.0 Å². The van der Waals surface area contributed by atoms with Crippen molar-refractivity contribution >= 4 is 5.97 Å². The molecule has 0 radical (unpaired) electrons. The van der Waals surface area contributed by atoms with Crippen molar-refractivity contribution in [3.05, 3.63) is 60.2 Å². The smallest absolute Gasteiger partial charge is 0.329 e. The summed E-state index contributed by atoms with van der Waals surface area (Å²) in [5.41, 5.74) is -0.245. The van der Waals surface area contributed by atoms with Crippen LogP contribution >= 0.6 is 0 Å². The molecule has 1 aliphatic rings. The summed E-state index contributed by atoms with van der Waals surface area (Å²) in [6, 6.07) is 14.5. The van der Waals surface area contributed by atoms with Gasteiger partial charge in [-0.15, -0.1) is 0 Å². The number of benzene rings is 2. The summed E-state index contributed by atoms with van der Waals surface area (Å²) in [5, 5.41) is 9.26. The Kier molecular flexibility index (Phi) is 8.97. The molecular formula is C25H30O8. The molecule has 3 rings (SSSR count). The Hall–Kier alpha value is -3.23. The largest absolute Gasteiger partial charge is 0.487 e. The van der Waals surface area contributed by atoms with Crippen LogP contribution in [0.4, 0.5) is 0 Å². The summed E-state index contributed by atoms with van der Waals surface area (Å²) >= 11 is 0. The Morgan fingerprint density at radius 3 is 1.73 bits per heavy atom. The molecule has 33 heavy (non-hydrogen) atoms. The maximum Gasteiger partial charge on any atom is 0.329 e. The first-order valence-corrected chi connectivity index (χ1v) is 10.8. The number of para-hydroxylation sites is 4. The molecule has 0 bridgehead atoms. The molecule has 0 atom stereocenters. The van der Waals surface area contributed by atoms with Crippen molar-refractivity contribution < 1.29 is 38.3 Å². The first kappa shape index (κ1) is 24.4. The fraction of sp³-hybridized carbons (Fsp3) is 0.400. The van der Waals surface area contributed by atoms with Crippen LogP contribution in [-0.2, 0) is 14.3 Å². The van der Waals surface area contributed by atoms with Crippen molar-refractivity contribution in [2.45, 2.75) is 19.4 Å². The Balaban J connectivity index is 1.93. The summed E-state index contributed by atoms with van der Waals surface area (Å²) in [6.07, 6.45) is 1.82. The Labute approximate surface area is 193 Å². The number of aliphatic carboxylic acids is 1. The van der Waals surface area contributed by atoms with Crippen LogP contribution in [0.2, 0.25) is 0 Å². The lowest BCUT2D eigenvalue weighted by Crippen LogP contribution is -2.44. The van der Waals surface area contributed by atoms with E-state index in [1.807, 2.05) is 44.2 Å². The molecule has 1 N–H and O–H groups in total. The topological polar surface area (TPSA) is 92.7 Å². The van der Waals surface area contributed by atoms with Gasteiger partial charge >= 0.3 is 5.97 Å². The zero-order valence-corrected chi connectivity index (χ0v) is 19.0. The summed E-state index contributed by atoms with van der Waals surface area (Å²) in [6.45, 7) is 4.76. The van der Waals surface area contributed by atoms with Crippen molar-refractivity contribution in [1.82, 2.24) is 0 Å². The molecule has 0 amide bonds. The van der Waals surface area contributed by atoms with Crippen LogP contribution in [0.1, 0.15) is 13.8 Å². The molecule has 0 fully saturated rings.